The minimum atomic E-state index is 0.210. The van der Waals surface area contributed by atoms with Crippen molar-refractivity contribution in [3.8, 4) is 0 Å². The van der Waals surface area contributed by atoms with Crippen LogP contribution in [0, 0.1) is 6.92 Å². The van der Waals surface area contributed by atoms with E-state index in [1.54, 1.807) is 11.8 Å². The molecule has 0 aliphatic carbocycles. The summed E-state index contributed by atoms with van der Waals surface area (Å²) in [7, 11) is 0. The second-order valence-corrected chi connectivity index (χ2v) is 5.06. The Morgan fingerprint density at radius 2 is 2.06 bits per heavy atom. The number of carbonyl (C=O) groups excluding carboxylic acids is 1. The van der Waals surface area contributed by atoms with Gasteiger partial charge in [-0.15, -0.1) is 11.8 Å². The molecular weight excluding hydrogens is 234 g/mol. The highest BCUT2D eigenvalue weighted by molar-refractivity contribution is 8.00. The van der Waals surface area contributed by atoms with Crippen molar-refractivity contribution in [2.45, 2.75) is 11.8 Å². The van der Waals surface area contributed by atoms with Crippen LogP contribution in [-0.4, -0.2) is 42.9 Å². The molecule has 1 aliphatic heterocycles. The second kappa shape index (κ2) is 6.07. The van der Waals surface area contributed by atoms with Gasteiger partial charge in [-0.05, 0) is 18.6 Å². The molecule has 4 heteroatoms. The Morgan fingerprint density at radius 3 is 2.76 bits per heavy atom. The largest absolute Gasteiger partial charge is 0.378 e. The lowest BCUT2D eigenvalue weighted by Crippen LogP contribution is -2.41. The van der Waals surface area contributed by atoms with Crippen LogP contribution in [0.4, 0.5) is 0 Å². The van der Waals surface area contributed by atoms with Crippen molar-refractivity contribution in [1.29, 1.82) is 0 Å². The number of amides is 1. The van der Waals surface area contributed by atoms with Crippen LogP contribution >= 0.6 is 11.8 Å². The van der Waals surface area contributed by atoms with Crippen LogP contribution in [0.5, 0.6) is 0 Å². The average molecular weight is 251 g/mol. The number of thioether (sulfide) groups is 1. The third-order valence-corrected chi connectivity index (χ3v) is 3.97. The number of hydrogen-bond donors (Lipinski definition) is 0. The Morgan fingerprint density at radius 1 is 1.35 bits per heavy atom. The van der Waals surface area contributed by atoms with Crippen molar-refractivity contribution in [3.63, 3.8) is 0 Å². The van der Waals surface area contributed by atoms with Gasteiger partial charge in [0.2, 0.25) is 5.91 Å². The smallest absolute Gasteiger partial charge is 0.233 e. The fourth-order valence-corrected chi connectivity index (χ4v) is 2.69. The predicted octanol–water partition coefficient (Wildman–Crippen LogP) is 1.95. The lowest BCUT2D eigenvalue weighted by atomic mass is 10.2. The zero-order valence-corrected chi connectivity index (χ0v) is 10.8. The van der Waals surface area contributed by atoms with E-state index in [9.17, 15) is 4.79 Å². The molecule has 1 amide bonds. The monoisotopic (exact) mass is 251 g/mol. The van der Waals surface area contributed by atoms with E-state index in [2.05, 4.69) is 19.1 Å². The highest BCUT2D eigenvalue weighted by Crippen LogP contribution is 2.22. The van der Waals surface area contributed by atoms with Gasteiger partial charge >= 0.3 is 0 Å². The molecule has 92 valence electrons. The Labute approximate surface area is 106 Å². The maximum absolute atomic E-state index is 11.9. The number of ether oxygens (including phenoxy) is 1. The first-order valence-corrected chi connectivity index (χ1v) is 6.80. The van der Waals surface area contributed by atoms with E-state index in [4.69, 9.17) is 4.74 Å². The first-order chi connectivity index (χ1) is 8.27. The summed E-state index contributed by atoms with van der Waals surface area (Å²) in [6.45, 7) is 4.86. The first-order valence-electron chi connectivity index (χ1n) is 5.81. The predicted molar refractivity (Wildman–Crippen MR) is 69.3 cm³/mol. The molecule has 1 fully saturated rings. The minimum absolute atomic E-state index is 0.210. The molecule has 3 nitrogen and oxygen atoms in total. The summed E-state index contributed by atoms with van der Waals surface area (Å²) < 4.78 is 5.23. The molecule has 1 saturated heterocycles. The molecule has 0 unspecified atom stereocenters. The SMILES string of the molecule is Cc1ccccc1SCC(=O)N1CCOCC1. The fraction of sp³-hybridized carbons (Fsp3) is 0.462. The topological polar surface area (TPSA) is 29.5 Å². The van der Waals surface area contributed by atoms with Gasteiger partial charge in [0.05, 0.1) is 19.0 Å². The Hall–Kier alpha value is -1.00. The summed E-state index contributed by atoms with van der Waals surface area (Å²) in [6.07, 6.45) is 0. The van der Waals surface area contributed by atoms with Gasteiger partial charge in [-0.3, -0.25) is 4.79 Å². The summed E-state index contributed by atoms with van der Waals surface area (Å²) in [5.41, 5.74) is 1.23. The number of nitrogens with zero attached hydrogens (tertiary/aromatic N) is 1. The van der Waals surface area contributed by atoms with Gasteiger partial charge < -0.3 is 9.64 Å². The Bertz CT molecular complexity index is 389. The number of hydrogen-bond acceptors (Lipinski definition) is 3. The van der Waals surface area contributed by atoms with E-state index < -0.39 is 0 Å². The van der Waals surface area contributed by atoms with Gasteiger partial charge in [-0.2, -0.15) is 0 Å². The second-order valence-electron chi connectivity index (χ2n) is 4.05. The standard InChI is InChI=1S/C13H17NO2S/c1-11-4-2-3-5-12(11)17-10-13(15)14-6-8-16-9-7-14/h2-5H,6-10H2,1H3. The summed E-state index contributed by atoms with van der Waals surface area (Å²) in [5.74, 6) is 0.728. The molecule has 1 heterocycles. The van der Waals surface area contributed by atoms with Gasteiger partial charge in [-0.25, -0.2) is 0 Å². The maximum Gasteiger partial charge on any atom is 0.233 e. The van der Waals surface area contributed by atoms with Crippen LogP contribution in [-0.2, 0) is 9.53 Å². The molecule has 0 atom stereocenters. The summed E-state index contributed by atoms with van der Waals surface area (Å²) >= 11 is 1.62. The van der Waals surface area contributed by atoms with Crippen LogP contribution in [0.15, 0.2) is 29.2 Å². The lowest BCUT2D eigenvalue weighted by molar-refractivity contribution is -0.132. The lowest BCUT2D eigenvalue weighted by Gasteiger charge is -2.26. The molecule has 0 bridgehead atoms. The van der Waals surface area contributed by atoms with Crippen LogP contribution in [0.3, 0.4) is 0 Å². The first kappa shape index (κ1) is 12.5. The third kappa shape index (κ3) is 3.48. The molecule has 1 aromatic carbocycles. The summed E-state index contributed by atoms with van der Waals surface area (Å²) in [6, 6.07) is 8.16. The molecule has 0 radical (unpaired) electrons. The normalized spacial score (nSPS) is 15.9. The molecule has 0 spiro atoms. The highest BCUT2D eigenvalue weighted by Gasteiger charge is 2.16. The highest BCUT2D eigenvalue weighted by atomic mass is 32.2. The maximum atomic E-state index is 11.9. The van der Waals surface area contributed by atoms with Gasteiger partial charge in [0.1, 0.15) is 0 Å². The molecule has 0 N–H and O–H groups in total. The number of benzene rings is 1. The molecule has 0 saturated carbocycles. The van der Waals surface area contributed by atoms with E-state index in [1.807, 2.05) is 17.0 Å². The molecule has 0 aromatic heterocycles. The van der Waals surface area contributed by atoms with E-state index in [0.717, 1.165) is 13.1 Å². The Kier molecular flexibility index (Phi) is 4.45. The zero-order chi connectivity index (χ0) is 12.1. The van der Waals surface area contributed by atoms with Crippen molar-refractivity contribution < 1.29 is 9.53 Å². The van der Waals surface area contributed by atoms with Crippen molar-refractivity contribution in [2.24, 2.45) is 0 Å². The van der Waals surface area contributed by atoms with E-state index in [0.29, 0.717) is 19.0 Å². The average Bonchev–Trinajstić information content (AvgIpc) is 2.38. The van der Waals surface area contributed by atoms with E-state index >= 15 is 0 Å². The quantitative estimate of drug-likeness (QED) is 0.769. The molecule has 2 rings (SSSR count). The van der Waals surface area contributed by atoms with Crippen molar-refractivity contribution in [3.05, 3.63) is 29.8 Å². The number of carbonyl (C=O) groups is 1. The molecule has 1 aliphatic rings. The van der Waals surface area contributed by atoms with Crippen molar-refractivity contribution in [2.75, 3.05) is 32.1 Å². The van der Waals surface area contributed by atoms with Crippen molar-refractivity contribution >= 4 is 17.7 Å². The van der Waals surface area contributed by atoms with Gasteiger partial charge in [-0.1, -0.05) is 18.2 Å². The van der Waals surface area contributed by atoms with Gasteiger partial charge in [0, 0.05) is 18.0 Å². The van der Waals surface area contributed by atoms with Crippen LogP contribution < -0.4 is 0 Å². The Balaban J connectivity index is 1.85. The molecular formula is C13H17NO2S. The number of morpholine rings is 1. The number of rotatable bonds is 3. The fourth-order valence-electron chi connectivity index (χ4n) is 1.76. The molecule has 17 heavy (non-hydrogen) atoms. The number of aryl methyl sites for hydroxylation is 1. The zero-order valence-electron chi connectivity index (χ0n) is 10.0. The van der Waals surface area contributed by atoms with E-state index in [1.165, 1.54) is 10.5 Å². The van der Waals surface area contributed by atoms with E-state index in [-0.39, 0.29) is 5.91 Å². The van der Waals surface area contributed by atoms with Crippen LogP contribution in [0.1, 0.15) is 5.56 Å². The molecule has 1 aromatic rings. The van der Waals surface area contributed by atoms with Gasteiger partial charge in [0.15, 0.2) is 0 Å². The van der Waals surface area contributed by atoms with Gasteiger partial charge in [0.25, 0.3) is 0 Å². The van der Waals surface area contributed by atoms with Crippen molar-refractivity contribution in [1.82, 2.24) is 4.90 Å². The summed E-state index contributed by atoms with van der Waals surface area (Å²) in [4.78, 5) is 15.0. The summed E-state index contributed by atoms with van der Waals surface area (Å²) in [5, 5.41) is 0. The third-order valence-electron chi connectivity index (χ3n) is 2.81. The van der Waals surface area contributed by atoms with Crippen LogP contribution in [0.2, 0.25) is 0 Å². The van der Waals surface area contributed by atoms with Crippen LogP contribution in [0.25, 0.3) is 0 Å². The minimum Gasteiger partial charge on any atom is -0.378 e.